The van der Waals surface area contributed by atoms with E-state index >= 15 is 0 Å². The van der Waals surface area contributed by atoms with Crippen molar-refractivity contribution in [1.82, 2.24) is 14.9 Å². The molecule has 260 valence electrons. The summed E-state index contributed by atoms with van der Waals surface area (Å²) in [6.07, 6.45) is -8.50. The van der Waals surface area contributed by atoms with Crippen molar-refractivity contribution in [3.8, 4) is 11.1 Å². The van der Waals surface area contributed by atoms with Crippen LogP contribution in [0.1, 0.15) is 52.5 Å². The molecule has 1 aliphatic rings. The Labute approximate surface area is 272 Å². The van der Waals surface area contributed by atoms with Gasteiger partial charge in [-0.1, -0.05) is 25.1 Å². The summed E-state index contributed by atoms with van der Waals surface area (Å²) in [5.41, 5.74) is -4.15. The Morgan fingerprint density at radius 1 is 1.04 bits per heavy atom. The number of benzene rings is 2. The molecule has 2 aromatic carbocycles. The van der Waals surface area contributed by atoms with E-state index in [1.807, 2.05) is 10.6 Å². The second kappa shape index (κ2) is 13.1. The smallest absolute Gasteiger partial charge is 0.417 e. The van der Waals surface area contributed by atoms with Gasteiger partial charge in [0.05, 0.1) is 16.6 Å². The molecule has 0 bridgehead atoms. The third-order valence-corrected chi connectivity index (χ3v) is 8.52. The summed E-state index contributed by atoms with van der Waals surface area (Å²) < 4.78 is 114. The van der Waals surface area contributed by atoms with Crippen molar-refractivity contribution in [2.24, 2.45) is 7.05 Å². The molecule has 49 heavy (non-hydrogen) atoms. The van der Waals surface area contributed by atoms with Crippen molar-refractivity contribution in [2.45, 2.75) is 63.5 Å². The molecule has 0 spiro atoms. The van der Waals surface area contributed by atoms with Gasteiger partial charge in [0.1, 0.15) is 29.3 Å². The fraction of sp³-hybridized carbons (Fsp3) is 0.333. The van der Waals surface area contributed by atoms with E-state index < -0.39 is 88.7 Å². The molecule has 0 saturated heterocycles. The van der Waals surface area contributed by atoms with Crippen molar-refractivity contribution in [1.29, 1.82) is 0 Å². The van der Waals surface area contributed by atoms with E-state index in [-0.39, 0.29) is 34.0 Å². The number of alkyl halides is 6. The first-order valence-electron chi connectivity index (χ1n) is 15.0. The molecule has 8 nitrogen and oxygen atoms in total. The van der Waals surface area contributed by atoms with Gasteiger partial charge in [-0.15, -0.1) is 0 Å². The van der Waals surface area contributed by atoms with E-state index in [2.05, 4.69) is 4.98 Å². The highest BCUT2D eigenvalue weighted by atomic mass is 19.4. The van der Waals surface area contributed by atoms with Crippen molar-refractivity contribution < 1.29 is 49.8 Å². The molecule has 0 aliphatic heterocycles. The molecule has 0 saturated carbocycles. The largest absolute Gasteiger partial charge is 0.480 e. The lowest BCUT2D eigenvalue weighted by atomic mass is 9.91. The van der Waals surface area contributed by atoms with Gasteiger partial charge in [-0.3, -0.25) is 14.6 Å². The van der Waals surface area contributed by atoms with Gasteiger partial charge in [0, 0.05) is 42.0 Å². The van der Waals surface area contributed by atoms with Crippen molar-refractivity contribution >= 4 is 28.5 Å². The van der Waals surface area contributed by atoms with Crippen molar-refractivity contribution in [3.05, 3.63) is 92.5 Å². The lowest BCUT2D eigenvalue weighted by Gasteiger charge is -2.22. The van der Waals surface area contributed by atoms with E-state index in [0.29, 0.717) is 30.7 Å². The zero-order valence-electron chi connectivity index (χ0n) is 25.8. The molecular weight excluding hydrogens is 668 g/mol. The standard InChI is InChI=1S/C33H28F8N4O4/c1-3-24(32(36,37)38)43-16-13-20(34)26(21(35)14-16)29(46)44-22(31(48)49)12-15-9-10-19(28-17(15)7-5-11-42-28)25-27(33(39,40)41)18-6-4-8-23(18)45(2)30(25)47/h5,7,9-11,13-14,22,24,43H,3-4,6,8,12H2,1-2H3,(H,44,46)(H,48,49). The number of carboxylic acid groups (broad SMARTS) is 1. The van der Waals surface area contributed by atoms with Crippen LogP contribution >= 0.6 is 0 Å². The number of pyridine rings is 2. The number of nitrogens with zero attached hydrogens (tertiary/aromatic N) is 2. The Hall–Kier alpha value is -5.02. The first kappa shape index (κ1) is 35.3. The highest BCUT2D eigenvalue weighted by Gasteiger charge is 2.42. The van der Waals surface area contributed by atoms with Crippen molar-refractivity contribution in [2.75, 3.05) is 5.32 Å². The van der Waals surface area contributed by atoms with Gasteiger partial charge in [0.2, 0.25) is 0 Å². The summed E-state index contributed by atoms with van der Waals surface area (Å²) in [7, 11) is 1.39. The maximum Gasteiger partial charge on any atom is 0.417 e. The number of carbonyl (C=O) groups is 2. The van der Waals surface area contributed by atoms with Gasteiger partial charge in [-0.2, -0.15) is 26.3 Å². The van der Waals surface area contributed by atoms with Gasteiger partial charge in [-0.05, 0) is 55.0 Å². The summed E-state index contributed by atoms with van der Waals surface area (Å²) in [4.78, 5) is 42.8. The lowest BCUT2D eigenvalue weighted by molar-refractivity contribution is -0.143. The maximum absolute atomic E-state index is 14.9. The first-order chi connectivity index (χ1) is 22.9. The summed E-state index contributed by atoms with van der Waals surface area (Å²) in [6, 6.07) is 2.31. The van der Waals surface area contributed by atoms with Crippen LogP contribution in [0.3, 0.4) is 0 Å². The maximum atomic E-state index is 14.9. The number of aliphatic carboxylic acids is 1. The summed E-state index contributed by atoms with van der Waals surface area (Å²) in [5.74, 6) is -6.28. The van der Waals surface area contributed by atoms with Crippen LogP contribution in [-0.4, -0.2) is 44.8 Å². The van der Waals surface area contributed by atoms with Crippen LogP contribution in [0.5, 0.6) is 0 Å². The monoisotopic (exact) mass is 696 g/mol. The predicted octanol–water partition coefficient (Wildman–Crippen LogP) is 6.56. The summed E-state index contributed by atoms with van der Waals surface area (Å²) >= 11 is 0. The van der Waals surface area contributed by atoms with E-state index in [9.17, 15) is 54.6 Å². The molecule has 2 atom stereocenters. The second-order valence-corrected chi connectivity index (χ2v) is 11.6. The Morgan fingerprint density at radius 3 is 2.31 bits per heavy atom. The Morgan fingerprint density at radius 2 is 1.71 bits per heavy atom. The number of nitrogens with one attached hydrogen (secondary N) is 2. The molecule has 1 aliphatic carbocycles. The number of halogens is 8. The van der Waals surface area contributed by atoms with E-state index in [4.69, 9.17) is 0 Å². The third kappa shape index (κ3) is 6.81. The fourth-order valence-electron chi connectivity index (χ4n) is 6.23. The van der Waals surface area contributed by atoms with Gasteiger partial charge in [-0.25, -0.2) is 13.6 Å². The number of hydrogen-bond donors (Lipinski definition) is 3. The van der Waals surface area contributed by atoms with Crippen LogP contribution < -0.4 is 16.2 Å². The topological polar surface area (TPSA) is 113 Å². The zero-order chi connectivity index (χ0) is 36.0. The second-order valence-electron chi connectivity index (χ2n) is 11.6. The van der Waals surface area contributed by atoms with E-state index in [1.165, 1.54) is 49.0 Å². The number of carbonyl (C=O) groups excluding carboxylic acids is 1. The number of hydrogen-bond acceptors (Lipinski definition) is 5. The van der Waals surface area contributed by atoms with E-state index in [1.54, 1.807) is 0 Å². The Bertz CT molecular complexity index is 2000. The van der Waals surface area contributed by atoms with Gasteiger partial charge < -0.3 is 20.3 Å². The molecule has 2 heterocycles. The molecule has 5 rings (SSSR count). The van der Waals surface area contributed by atoms with Crippen LogP contribution in [0.2, 0.25) is 0 Å². The van der Waals surface area contributed by atoms with Gasteiger partial charge in [0.15, 0.2) is 0 Å². The molecule has 16 heteroatoms. The quantitative estimate of drug-likeness (QED) is 0.171. The van der Waals surface area contributed by atoms with Crippen LogP contribution in [0.15, 0.2) is 47.4 Å². The molecule has 2 unspecified atom stereocenters. The zero-order valence-corrected chi connectivity index (χ0v) is 25.8. The normalized spacial score (nSPS) is 14.4. The SMILES string of the molecule is CCC(Nc1cc(F)c(C(=O)NC(Cc2ccc(-c3c(C(F)(F)F)c4c(n(C)c3=O)CCC4)c3ncccc23)C(=O)O)c(F)c1)C(F)(F)F. The molecule has 3 N–H and O–H groups in total. The van der Waals surface area contributed by atoms with Gasteiger partial charge in [0.25, 0.3) is 11.5 Å². The minimum atomic E-state index is -4.88. The predicted molar refractivity (Wildman–Crippen MR) is 162 cm³/mol. The number of aromatic nitrogens is 2. The lowest BCUT2D eigenvalue weighted by Crippen LogP contribution is -2.43. The average molecular weight is 697 g/mol. The number of amides is 1. The minimum Gasteiger partial charge on any atom is -0.480 e. The van der Waals surface area contributed by atoms with Crippen molar-refractivity contribution in [3.63, 3.8) is 0 Å². The highest BCUT2D eigenvalue weighted by molar-refractivity contribution is 5.99. The number of carboxylic acids is 1. The Balaban J connectivity index is 1.50. The first-order valence-corrected chi connectivity index (χ1v) is 15.0. The van der Waals surface area contributed by atoms with Crippen LogP contribution in [0.4, 0.5) is 40.8 Å². The molecule has 1 amide bonds. The van der Waals surface area contributed by atoms with Crippen LogP contribution in [-0.2, 0) is 37.3 Å². The molecular formula is C33H28F8N4O4. The number of anilines is 1. The van der Waals surface area contributed by atoms with Crippen LogP contribution in [0, 0.1) is 11.6 Å². The number of fused-ring (bicyclic) bond motifs is 2. The minimum absolute atomic E-state index is 0.0141. The molecule has 0 fully saturated rings. The third-order valence-electron chi connectivity index (χ3n) is 8.52. The highest BCUT2D eigenvalue weighted by Crippen LogP contribution is 2.43. The molecule has 4 aromatic rings. The fourth-order valence-corrected chi connectivity index (χ4v) is 6.23. The van der Waals surface area contributed by atoms with E-state index in [0.717, 1.165) is 0 Å². The molecule has 2 aromatic heterocycles. The van der Waals surface area contributed by atoms with Gasteiger partial charge >= 0.3 is 18.3 Å². The number of rotatable bonds is 9. The Kier molecular flexibility index (Phi) is 9.45. The summed E-state index contributed by atoms with van der Waals surface area (Å²) in [6.45, 7) is 1.20. The summed E-state index contributed by atoms with van der Waals surface area (Å²) in [5, 5.41) is 14.0. The van der Waals surface area contributed by atoms with Crippen LogP contribution in [0.25, 0.3) is 22.0 Å². The average Bonchev–Trinajstić information content (AvgIpc) is 3.49. The molecule has 0 radical (unpaired) electrons.